The highest BCUT2D eigenvalue weighted by Crippen LogP contribution is 2.31. The summed E-state index contributed by atoms with van der Waals surface area (Å²) < 4.78 is 45.2. The third kappa shape index (κ3) is 2.63. The fourth-order valence-corrected chi connectivity index (χ4v) is 2.40. The number of alkyl halides is 4. The maximum atomic E-state index is 12.7. The average molecular weight is 315 g/mol. The first kappa shape index (κ1) is 14.0. The van der Waals surface area contributed by atoms with E-state index >= 15 is 0 Å². The Morgan fingerprint density at radius 1 is 1.24 bits per heavy atom. The molecule has 0 atom stereocenters. The highest BCUT2D eigenvalue weighted by atomic mass is 35.5. The molecule has 3 aromatic rings. The molecule has 110 valence electrons. The predicted molar refractivity (Wildman–Crippen MR) is 72.1 cm³/mol. The third-order valence-corrected chi connectivity index (χ3v) is 3.41. The number of hydrogen-bond donors (Lipinski definition) is 0. The van der Waals surface area contributed by atoms with Crippen LogP contribution in [0.5, 0.6) is 0 Å². The SMILES string of the molecule is FC(F)(F)c1ccc2c(c1)nc(CCl)n2Cc1ccco1. The number of benzene rings is 1. The fraction of sp³-hybridized carbons (Fsp3) is 0.214. The lowest BCUT2D eigenvalue weighted by molar-refractivity contribution is -0.137. The van der Waals surface area contributed by atoms with E-state index in [0.29, 0.717) is 23.6 Å². The maximum Gasteiger partial charge on any atom is 0.416 e. The quantitative estimate of drug-likeness (QED) is 0.669. The number of nitrogens with zero attached hydrogens (tertiary/aromatic N) is 2. The fourth-order valence-electron chi connectivity index (χ4n) is 2.19. The van der Waals surface area contributed by atoms with Gasteiger partial charge in [-0.05, 0) is 30.3 Å². The van der Waals surface area contributed by atoms with E-state index in [1.54, 1.807) is 16.7 Å². The number of halogens is 4. The molecule has 0 saturated heterocycles. The van der Waals surface area contributed by atoms with Gasteiger partial charge >= 0.3 is 6.18 Å². The van der Waals surface area contributed by atoms with E-state index in [0.717, 1.165) is 12.1 Å². The van der Waals surface area contributed by atoms with Gasteiger partial charge in [-0.2, -0.15) is 13.2 Å². The van der Waals surface area contributed by atoms with E-state index in [9.17, 15) is 13.2 Å². The van der Waals surface area contributed by atoms with Crippen LogP contribution >= 0.6 is 11.6 Å². The largest absolute Gasteiger partial charge is 0.467 e. The molecule has 7 heteroatoms. The van der Waals surface area contributed by atoms with Crippen molar-refractivity contribution in [3.63, 3.8) is 0 Å². The Kier molecular flexibility index (Phi) is 3.41. The Bertz CT molecular complexity index is 762. The van der Waals surface area contributed by atoms with Crippen LogP contribution in [0.4, 0.5) is 13.2 Å². The van der Waals surface area contributed by atoms with Gasteiger partial charge in [-0.25, -0.2) is 4.98 Å². The molecule has 0 N–H and O–H groups in total. The van der Waals surface area contributed by atoms with E-state index in [4.69, 9.17) is 16.0 Å². The molecule has 0 aliphatic heterocycles. The van der Waals surface area contributed by atoms with Crippen LogP contribution in [-0.4, -0.2) is 9.55 Å². The van der Waals surface area contributed by atoms with Gasteiger partial charge in [0.15, 0.2) is 0 Å². The van der Waals surface area contributed by atoms with Crippen LogP contribution < -0.4 is 0 Å². The van der Waals surface area contributed by atoms with Gasteiger partial charge in [0, 0.05) is 0 Å². The van der Waals surface area contributed by atoms with Crippen molar-refractivity contribution in [3.05, 3.63) is 53.7 Å². The predicted octanol–water partition coefficient (Wildman–Crippen LogP) is 4.44. The van der Waals surface area contributed by atoms with Crippen molar-refractivity contribution >= 4 is 22.6 Å². The van der Waals surface area contributed by atoms with Gasteiger partial charge in [0.1, 0.15) is 11.6 Å². The molecular formula is C14H10ClF3N2O. The Hall–Kier alpha value is -1.95. The van der Waals surface area contributed by atoms with E-state index in [-0.39, 0.29) is 11.4 Å². The van der Waals surface area contributed by atoms with Gasteiger partial charge in [0.2, 0.25) is 0 Å². The van der Waals surface area contributed by atoms with Crippen LogP contribution in [0.3, 0.4) is 0 Å². The zero-order valence-corrected chi connectivity index (χ0v) is 11.4. The molecule has 0 bridgehead atoms. The Labute approximate surface area is 122 Å². The topological polar surface area (TPSA) is 31.0 Å². The Morgan fingerprint density at radius 3 is 2.67 bits per heavy atom. The zero-order chi connectivity index (χ0) is 15.0. The molecule has 0 unspecified atom stereocenters. The van der Waals surface area contributed by atoms with Crippen molar-refractivity contribution in [2.24, 2.45) is 0 Å². The molecule has 0 radical (unpaired) electrons. The molecule has 21 heavy (non-hydrogen) atoms. The van der Waals surface area contributed by atoms with Gasteiger partial charge in [-0.15, -0.1) is 11.6 Å². The molecule has 2 aromatic heterocycles. The zero-order valence-electron chi connectivity index (χ0n) is 10.7. The minimum atomic E-state index is -4.39. The molecule has 0 aliphatic rings. The molecule has 3 nitrogen and oxygen atoms in total. The Morgan fingerprint density at radius 2 is 2.05 bits per heavy atom. The first-order chi connectivity index (χ1) is 9.99. The number of imidazole rings is 1. The Balaban J connectivity index is 2.10. The minimum absolute atomic E-state index is 0.108. The number of rotatable bonds is 3. The summed E-state index contributed by atoms with van der Waals surface area (Å²) in [4.78, 5) is 4.18. The summed E-state index contributed by atoms with van der Waals surface area (Å²) in [7, 11) is 0. The molecule has 1 aromatic carbocycles. The lowest BCUT2D eigenvalue weighted by Crippen LogP contribution is -2.05. The van der Waals surface area contributed by atoms with Crippen molar-refractivity contribution in [1.29, 1.82) is 0 Å². The van der Waals surface area contributed by atoms with Gasteiger partial charge in [-0.3, -0.25) is 0 Å². The standard InChI is InChI=1S/C14H10ClF3N2O/c15-7-13-19-11-6-9(14(16,17)18)3-4-12(11)20(13)8-10-2-1-5-21-10/h1-6H,7-8H2. The normalized spacial score (nSPS) is 12.2. The molecule has 0 spiro atoms. The highest BCUT2D eigenvalue weighted by Gasteiger charge is 2.31. The van der Waals surface area contributed by atoms with Crippen molar-refractivity contribution in [2.75, 3.05) is 0 Å². The smallest absolute Gasteiger partial charge is 0.416 e. The van der Waals surface area contributed by atoms with Crippen molar-refractivity contribution < 1.29 is 17.6 Å². The van der Waals surface area contributed by atoms with Crippen LogP contribution in [0.1, 0.15) is 17.1 Å². The van der Waals surface area contributed by atoms with E-state index in [1.807, 2.05) is 0 Å². The van der Waals surface area contributed by atoms with Crippen molar-refractivity contribution in [1.82, 2.24) is 9.55 Å². The van der Waals surface area contributed by atoms with Crippen LogP contribution in [0, 0.1) is 0 Å². The second-order valence-corrected chi connectivity index (χ2v) is 4.80. The van der Waals surface area contributed by atoms with Crippen LogP contribution in [0.25, 0.3) is 11.0 Å². The van der Waals surface area contributed by atoms with Crippen LogP contribution in [0.15, 0.2) is 41.0 Å². The summed E-state index contributed by atoms with van der Waals surface area (Å²) >= 11 is 5.84. The number of furan rings is 1. The second kappa shape index (κ2) is 5.11. The van der Waals surface area contributed by atoms with Crippen molar-refractivity contribution in [3.8, 4) is 0 Å². The summed E-state index contributed by atoms with van der Waals surface area (Å²) in [5, 5.41) is 0. The number of fused-ring (bicyclic) bond motifs is 1. The van der Waals surface area contributed by atoms with E-state index in [2.05, 4.69) is 4.98 Å². The monoisotopic (exact) mass is 314 g/mol. The maximum absolute atomic E-state index is 12.7. The first-order valence-corrected chi connectivity index (χ1v) is 6.67. The molecular weight excluding hydrogens is 305 g/mol. The highest BCUT2D eigenvalue weighted by molar-refractivity contribution is 6.16. The molecule has 2 heterocycles. The van der Waals surface area contributed by atoms with Crippen molar-refractivity contribution in [2.45, 2.75) is 18.6 Å². The summed E-state index contributed by atoms with van der Waals surface area (Å²) in [6, 6.07) is 7.01. The minimum Gasteiger partial charge on any atom is -0.467 e. The van der Waals surface area contributed by atoms with Crippen LogP contribution in [-0.2, 0) is 18.6 Å². The lowest BCUT2D eigenvalue weighted by Gasteiger charge is -2.07. The third-order valence-electron chi connectivity index (χ3n) is 3.17. The molecule has 0 saturated carbocycles. The summed E-state index contributed by atoms with van der Waals surface area (Å²) in [5.41, 5.74) is 0.140. The summed E-state index contributed by atoms with van der Waals surface area (Å²) in [5.74, 6) is 1.29. The van der Waals surface area contributed by atoms with Gasteiger partial charge < -0.3 is 8.98 Å². The number of aromatic nitrogens is 2. The van der Waals surface area contributed by atoms with Gasteiger partial charge in [0.05, 0.1) is 35.3 Å². The van der Waals surface area contributed by atoms with Gasteiger partial charge in [-0.1, -0.05) is 0 Å². The van der Waals surface area contributed by atoms with Gasteiger partial charge in [0.25, 0.3) is 0 Å². The lowest BCUT2D eigenvalue weighted by atomic mass is 10.2. The average Bonchev–Trinajstić information content (AvgIpc) is 3.05. The molecule has 0 aliphatic carbocycles. The van der Waals surface area contributed by atoms with E-state index < -0.39 is 11.7 Å². The van der Waals surface area contributed by atoms with Crippen LogP contribution in [0.2, 0.25) is 0 Å². The summed E-state index contributed by atoms with van der Waals surface area (Å²) in [6.45, 7) is 0.372. The molecule has 0 amide bonds. The first-order valence-electron chi connectivity index (χ1n) is 6.14. The summed E-state index contributed by atoms with van der Waals surface area (Å²) in [6.07, 6.45) is -2.85. The van der Waals surface area contributed by atoms with E-state index in [1.165, 1.54) is 12.3 Å². The molecule has 3 rings (SSSR count). The molecule has 0 fully saturated rings. The number of hydrogen-bond acceptors (Lipinski definition) is 2. The second-order valence-electron chi connectivity index (χ2n) is 4.53.